The molecule has 0 fully saturated rings. The topological polar surface area (TPSA) is 99.5 Å². The number of carbonyl (C=O) groups is 1. The van der Waals surface area contributed by atoms with Gasteiger partial charge in [-0.05, 0) is 53.9 Å². The van der Waals surface area contributed by atoms with E-state index in [4.69, 9.17) is 21.8 Å². The average Bonchev–Trinajstić information content (AvgIpc) is 3.00. The molecule has 0 unspecified atom stereocenters. The summed E-state index contributed by atoms with van der Waals surface area (Å²) in [5.74, 6) is -0.190. The minimum Gasteiger partial charge on any atom is -0.337 e. The number of fused-ring (bicyclic) bond motifs is 2. The molecule has 0 aliphatic rings. The van der Waals surface area contributed by atoms with Crippen LogP contribution in [0.2, 0.25) is 5.02 Å². The number of hydrogen-bond acceptors (Lipinski definition) is 5. The number of ketones is 1. The second-order valence-corrected chi connectivity index (χ2v) is 9.87. The van der Waals surface area contributed by atoms with Crippen LogP contribution >= 0.6 is 11.6 Å². The third-order valence-corrected chi connectivity index (χ3v) is 7.15. The van der Waals surface area contributed by atoms with Crippen LogP contribution in [0.15, 0.2) is 102 Å². The first-order valence-electron chi connectivity index (χ1n) is 12.7. The number of aryl methyl sites for hydroxylation is 1. The fourth-order valence-electron chi connectivity index (χ4n) is 4.80. The van der Waals surface area contributed by atoms with Crippen molar-refractivity contribution in [1.82, 2.24) is 15.0 Å². The number of nitriles is 1. The van der Waals surface area contributed by atoms with Crippen molar-refractivity contribution < 1.29 is 4.79 Å². The predicted molar refractivity (Wildman–Crippen MR) is 157 cm³/mol. The molecule has 0 amide bonds. The van der Waals surface area contributed by atoms with E-state index < -0.39 is 0 Å². The molecule has 0 bridgehead atoms. The zero-order valence-electron chi connectivity index (χ0n) is 21.2. The summed E-state index contributed by atoms with van der Waals surface area (Å²) in [6, 6.07) is 29.6. The highest BCUT2D eigenvalue weighted by atomic mass is 35.5. The number of hydrogen-bond donors (Lipinski definition) is 1. The summed E-state index contributed by atoms with van der Waals surface area (Å²) >= 11 is 6.60. The van der Waals surface area contributed by atoms with E-state index in [0.29, 0.717) is 39.3 Å². The van der Waals surface area contributed by atoms with Crippen LogP contribution in [0.5, 0.6) is 0 Å². The number of Topliss-reactive ketones (excluding diaryl/α,β-unsaturated/α-hetero) is 1. The lowest BCUT2D eigenvalue weighted by molar-refractivity contribution is 0.0978. The zero-order valence-corrected chi connectivity index (χ0v) is 21.9. The van der Waals surface area contributed by atoms with Crippen LogP contribution in [-0.2, 0) is 6.42 Å². The number of nitrogens with one attached hydrogen (secondary N) is 1. The third-order valence-electron chi connectivity index (χ3n) is 6.86. The van der Waals surface area contributed by atoms with E-state index in [9.17, 15) is 9.59 Å². The maximum Gasteiger partial charge on any atom is 0.191 e. The van der Waals surface area contributed by atoms with E-state index >= 15 is 0 Å². The Bertz CT molecular complexity index is 2010. The largest absolute Gasteiger partial charge is 0.337 e. The number of aromatic amines is 1. The molecule has 1 N–H and O–H groups in total. The first-order valence-corrected chi connectivity index (χ1v) is 13.1. The lowest BCUT2D eigenvalue weighted by Gasteiger charge is -2.13. The predicted octanol–water partition coefficient (Wildman–Crippen LogP) is 7.15. The molecule has 3 aromatic heterocycles. The van der Waals surface area contributed by atoms with Crippen LogP contribution in [0.1, 0.15) is 28.0 Å². The molecule has 7 heteroatoms. The van der Waals surface area contributed by atoms with Crippen LogP contribution in [0.3, 0.4) is 0 Å². The van der Waals surface area contributed by atoms with E-state index in [1.54, 1.807) is 18.3 Å². The Morgan fingerprint density at radius 3 is 2.50 bits per heavy atom. The van der Waals surface area contributed by atoms with Gasteiger partial charge in [0.15, 0.2) is 11.2 Å². The lowest BCUT2D eigenvalue weighted by Crippen LogP contribution is -2.12. The quantitative estimate of drug-likeness (QED) is 0.226. The first-order chi connectivity index (χ1) is 19.5. The summed E-state index contributed by atoms with van der Waals surface area (Å²) in [6.45, 7) is 0. The maximum atomic E-state index is 13.3. The smallest absolute Gasteiger partial charge is 0.191 e. The van der Waals surface area contributed by atoms with Gasteiger partial charge in [-0.25, -0.2) is 4.98 Å². The van der Waals surface area contributed by atoms with Crippen molar-refractivity contribution in [2.75, 3.05) is 0 Å². The minimum atomic E-state index is -0.294. The number of H-pyrrole nitrogens is 1. The van der Waals surface area contributed by atoms with Crippen molar-refractivity contribution in [3.63, 3.8) is 0 Å². The Balaban J connectivity index is 1.44. The summed E-state index contributed by atoms with van der Waals surface area (Å²) in [7, 11) is 0. The Morgan fingerprint density at radius 1 is 0.925 bits per heavy atom. The van der Waals surface area contributed by atoms with Gasteiger partial charge < -0.3 is 4.98 Å². The van der Waals surface area contributed by atoms with Gasteiger partial charge in [-0.3, -0.25) is 14.6 Å². The summed E-state index contributed by atoms with van der Waals surface area (Å²) in [4.78, 5) is 38.7. The summed E-state index contributed by atoms with van der Waals surface area (Å²) < 4.78 is 0. The molecule has 40 heavy (non-hydrogen) atoms. The molecule has 6 aromatic rings. The number of pyridine rings is 3. The standard InChI is InChI=1S/C33H21ClN4O2/c34-27-16-24(15-23-7-4-14-36-32(23)27)25-17-26-30(40)18-28(29(39)13-12-20-8-10-21(19-35)11-9-20)37-33(26)38-31(25)22-5-2-1-3-6-22/h1-11,14-18H,12-13H2,(H,37,38,40). The molecule has 0 atom stereocenters. The van der Waals surface area contributed by atoms with Crippen molar-refractivity contribution >= 4 is 39.3 Å². The molecule has 0 aliphatic carbocycles. The normalized spacial score (nSPS) is 11.0. The van der Waals surface area contributed by atoms with Crippen molar-refractivity contribution in [3.8, 4) is 28.5 Å². The van der Waals surface area contributed by atoms with Crippen molar-refractivity contribution in [1.29, 1.82) is 5.26 Å². The van der Waals surface area contributed by atoms with E-state index in [0.717, 1.165) is 27.6 Å². The number of nitrogens with zero attached hydrogens (tertiary/aromatic N) is 3. The van der Waals surface area contributed by atoms with Crippen LogP contribution in [0.25, 0.3) is 44.3 Å². The Kier molecular flexibility index (Phi) is 6.65. The summed E-state index contributed by atoms with van der Waals surface area (Å²) in [5.41, 5.74) is 5.53. The monoisotopic (exact) mass is 540 g/mol. The average molecular weight is 541 g/mol. The highest BCUT2D eigenvalue weighted by molar-refractivity contribution is 6.35. The van der Waals surface area contributed by atoms with Crippen molar-refractivity contribution in [2.45, 2.75) is 12.8 Å². The van der Waals surface area contributed by atoms with Gasteiger partial charge in [0.2, 0.25) is 0 Å². The summed E-state index contributed by atoms with van der Waals surface area (Å²) in [5, 5.41) is 10.7. The van der Waals surface area contributed by atoms with Gasteiger partial charge in [0.05, 0.1) is 38.9 Å². The number of benzene rings is 3. The van der Waals surface area contributed by atoms with Gasteiger partial charge in [0.1, 0.15) is 5.65 Å². The lowest BCUT2D eigenvalue weighted by atomic mass is 9.96. The van der Waals surface area contributed by atoms with Gasteiger partial charge in [-0.1, -0.05) is 60.1 Å². The van der Waals surface area contributed by atoms with Gasteiger partial charge >= 0.3 is 0 Å². The van der Waals surface area contributed by atoms with Gasteiger partial charge in [-0.2, -0.15) is 5.26 Å². The molecule has 0 saturated carbocycles. The molecule has 0 spiro atoms. The van der Waals surface area contributed by atoms with Crippen LogP contribution in [-0.4, -0.2) is 20.7 Å². The van der Waals surface area contributed by atoms with Gasteiger partial charge in [0.25, 0.3) is 0 Å². The molecule has 0 saturated heterocycles. The van der Waals surface area contributed by atoms with Crippen LogP contribution in [0.4, 0.5) is 0 Å². The number of aromatic nitrogens is 3. The van der Waals surface area contributed by atoms with E-state index in [-0.39, 0.29) is 23.3 Å². The molecule has 3 aromatic carbocycles. The highest BCUT2D eigenvalue weighted by Crippen LogP contribution is 2.36. The van der Waals surface area contributed by atoms with Gasteiger partial charge in [0, 0.05) is 35.2 Å². The summed E-state index contributed by atoms with van der Waals surface area (Å²) in [6.07, 6.45) is 2.40. The van der Waals surface area contributed by atoms with Crippen molar-refractivity contribution in [2.24, 2.45) is 0 Å². The minimum absolute atomic E-state index is 0.190. The maximum absolute atomic E-state index is 13.3. The van der Waals surface area contributed by atoms with Crippen molar-refractivity contribution in [3.05, 3.63) is 129 Å². The first kappa shape index (κ1) is 25.2. The molecule has 6 nitrogen and oxygen atoms in total. The molecule has 0 aliphatic heterocycles. The molecule has 0 radical (unpaired) electrons. The second kappa shape index (κ2) is 10.6. The highest BCUT2D eigenvalue weighted by Gasteiger charge is 2.17. The van der Waals surface area contributed by atoms with Crippen LogP contribution < -0.4 is 5.43 Å². The zero-order chi connectivity index (χ0) is 27.6. The van der Waals surface area contributed by atoms with E-state index in [1.165, 1.54) is 6.07 Å². The molecule has 6 rings (SSSR count). The number of halogens is 1. The molecule has 192 valence electrons. The SMILES string of the molecule is N#Cc1ccc(CCC(=O)c2cc(=O)c3cc(-c4cc(Cl)c5ncccc5c4)c(-c4ccccc4)nc3[nH]2)cc1. The Morgan fingerprint density at radius 2 is 1.73 bits per heavy atom. The number of carbonyl (C=O) groups excluding carboxylic acids is 1. The third kappa shape index (κ3) is 4.86. The Hall–Kier alpha value is -5.12. The molecular weight excluding hydrogens is 520 g/mol. The fourth-order valence-corrected chi connectivity index (χ4v) is 5.07. The molecule has 3 heterocycles. The number of rotatable bonds is 6. The van der Waals surface area contributed by atoms with E-state index in [2.05, 4.69) is 16.0 Å². The Labute approximate surface area is 234 Å². The van der Waals surface area contributed by atoms with Gasteiger partial charge in [-0.15, -0.1) is 0 Å². The second-order valence-electron chi connectivity index (χ2n) is 9.46. The van der Waals surface area contributed by atoms with E-state index in [1.807, 2.05) is 72.8 Å². The van der Waals surface area contributed by atoms with Crippen LogP contribution in [0, 0.1) is 11.3 Å². The fraction of sp³-hybridized carbons (Fsp3) is 0.0606. The molecular formula is C33H21ClN4O2.